The lowest BCUT2D eigenvalue weighted by atomic mass is 9.95. The van der Waals surface area contributed by atoms with Gasteiger partial charge < -0.3 is 0 Å². The largest absolute Gasteiger partial charge is 0.460 e. The summed E-state index contributed by atoms with van der Waals surface area (Å²) in [7, 11) is -4.90. The minimum atomic E-state index is -7.07. The highest BCUT2D eigenvalue weighted by atomic mass is 32.2. The van der Waals surface area contributed by atoms with Crippen LogP contribution in [-0.4, -0.2) is 42.0 Å². The fraction of sp³-hybridized carbons (Fsp3) is 0.500. The molecule has 0 aliphatic carbocycles. The van der Waals surface area contributed by atoms with Crippen molar-refractivity contribution in [2.75, 3.05) is 0 Å². The quantitative estimate of drug-likeness (QED) is 0.382. The summed E-state index contributed by atoms with van der Waals surface area (Å²) >= 11 is 0. The Morgan fingerprint density at radius 2 is 1.36 bits per heavy atom. The molecular weight excluding hydrogens is 435 g/mol. The van der Waals surface area contributed by atoms with Crippen molar-refractivity contribution >= 4 is 15.9 Å². The normalized spacial score (nSPS) is 15.4. The molecule has 4 nitrogen and oxygen atoms in total. The van der Waals surface area contributed by atoms with E-state index in [-0.39, 0.29) is 12.1 Å². The van der Waals surface area contributed by atoms with Gasteiger partial charge >= 0.3 is 23.9 Å². The first-order valence-corrected chi connectivity index (χ1v) is 8.64. The third kappa shape index (κ3) is 3.97. The maximum absolute atomic E-state index is 13.8. The van der Waals surface area contributed by atoms with Crippen molar-refractivity contribution < 1.29 is 57.3 Å². The van der Waals surface area contributed by atoms with Crippen LogP contribution in [0.15, 0.2) is 24.3 Å². The Morgan fingerprint density at radius 3 is 1.68 bits per heavy atom. The van der Waals surface area contributed by atoms with Crippen LogP contribution in [0.3, 0.4) is 0 Å². The average Bonchev–Trinajstić information content (AvgIpc) is 2.52. The summed E-state index contributed by atoms with van der Waals surface area (Å²) in [5.41, 5.74) is -2.66. The van der Waals surface area contributed by atoms with Crippen molar-refractivity contribution in [2.45, 2.75) is 42.5 Å². The molecule has 1 unspecified atom stereocenters. The summed E-state index contributed by atoms with van der Waals surface area (Å²) in [6.07, 6.45) is -7.43. The standard InChI is InChI=1S/C14H11F9O4S/c1-2-9(28(25,26)27)10(24)7-3-5-8(6-4-7)11(15,16)12(17,18)13(19,20)14(21,22)23/h3-6,9H,2H2,1H3,(H,25,26,27). The van der Waals surface area contributed by atoms with Gasteiger partial charge in [0, 0.05) is 11.1 Å². The van der Waals surface area contributed by atoms with Crippen molar-refractivity contribution in [3.63, 3.8) is 0 Å². The van der Waals surface area contributed by atoms with Gasteiger partial charge in [0.1, 0.15) is 5.25 Å². The summed E-state index contributed by atoms with van der Waals surface area (Å²) < 4.78 is 147. The Morgan fingerprint density at radius 1 is 0.929 bits per heavy atom. The van der Waals surface area contributed by atoms with Crippen LogP contribution in [0.25, 0.3) is 0 Å². The van der Waals surface area contributed by atoms with Crippen LogP contribution in [0.4, 0.5) is 39.5 Å². The van der Waals surface area contributed by atoms with Gasteiger partial charge in [0.05, 0.1) is 0 Å². The highest BCUT2D eigenvalue weighted by Crippen LogP contribution is 2.56. The van der Waals surface area contributed by atoms with Gasteiger partial charge in [0.2, 0.25) is 0 Å². The highest BCUT2D eigenvalue weighted by Gasteiger charge is 2.82. The van der Waals surface area contributed by atoms with E-state index < -0.39 is 62.6 Å². The van der Waals surface area contributed by atoms with Gasteiger partial charge in [-0.3, -0.25) is 9.35 Å². The predicted molar refractivity (Wildman–Crippen MR) is 76.2 cm³/mol. The minimum absolute atomic E-state index is 0.0235. The maximum Gasteiger partial charge on any atom is 0.460 e. The number of Topliss-reactive ketones (excluding diaryl/α,β-unsaturated/α-hetero) is 1. The number of alkyl halides is 9. The van der Waals surface area contributed by atoms with Crippen LogP contribution < -0.4 is 0 Å². The summed E-state index contributed by atoms with van der Waals surface area (Å²) in [6, 6.07) is 0.622. The number of halogens is 9. The van der Waals surface area contributed by atoms with E-state index >= 15 is 0 Å². The molecule has 0 radical (unpaired) electrons. The molecule has 0 saturated heterocycles. The molecule has 1 N–H and O–H groups in total. The third-order valence-electron chi connectivity index (χ3n) is 3.70. The Labute approximate surface area is 152 Å². The van der Waals surface area contributed by atoms with E-state index in [2.05, 4.69) is 0 Å². The minimum Gasteiger partial charge on any atom is -0.293 e. The van der Waals surface area contributed by atoms with E-state index in [4.69, 9.17) is 4.55 Å². The average molecular weight is 446 g/mol. The van der Waals surface area contributed by atoms with Crippen molar-refractivity contribution in [2.24, 2.45) is 0 Å². The SMILES string of the molecule is CCC(C(=O)c1ccc(C(F)(F)C(F)(F)C(F)(F)C(F)(F)F)cc1)S(=O)(=O)O. The van der Waals surface area contributed by atoms with Crippen molar-refractivity contribution in [1.29, 1.82) is 0 Å². The Kier molecular flexibility index (Phi) is 6.23. The molecule has 0 fully saturated rings. The van der Waals surface area contributed by atoms with Gasteiger partial charge in [0.15, 0.2) is 5.78 Å². The molecule has 0 amide bonds. The van der Waals surface area contributed by atoms with E-state index in [1.165, 1.54) is 6.92 Å². The zero-order chi connectivity index (χ0) is 22.3. The second-order valence-electron chi connectivity index (χ2n) is 5.57. The third-order valence-corrected chi connectivity index (χ3v) is 4.97. The summed E-state index contributed by atoms with van der Waals surface area (Å²) in [4.78, 5) is 11.9. The van der Waals surface area contributed by atoms with Gasteiger partial charge in [-0.2, -0.15) is 47.9 Å². The molecular formula is C14H11F9O4S. The fourth-order valence-electron chi connectivity index (χ4n) is 2.12. The number of benzene rings is 1. The Hall–Kier alpha value is -1.83. The smallest absolute Gasteiger partial charge is 0.293 e. The van der Waals surface area contributed by atoms with Crippen molar-refractivity contribution in [3.05, 3.63) is 35.4 Å². The first-order chi connectivity index (χ1) is 12.3. The number of carbonyl (C=O) groups excluding carboxylic acids is 1. The Balaban J connectivity index is 3.35. The van der Waals surface area contributed by atoms with E-state index in [1.807, 2.05) is 0 Å². The van der Waals surface area contributed by atoms with Crippen LogP contribution in [0, 0.1) is 0 Å². The van der Waals surface area contributed by atoms with Gasteiger partial charge in [-0.1, -0.05) is 31.2 Å². The number of rotatable bonds is 7. The molecule has 14 heteroatoms. The van der Waals surface area contributed by atoms with Gasteiger partial charge in [0.25, 0.3) is 10.1 Å². The molecule has 0 aliphatic rings. The molecule has 0 bridgehead atoms. The second-order valence-corrected chi connectivity index (χ2v) is 7.17. The lowest BCUT2D eigenvalue weighted by molar-refractivity contribution is -0.399. The van der Waals surface area contributed by atoms with Crippen molar-refractivity contribution in [1.82, 2.24) is 0 Å². The van der Waals surface area contributed by atoms with Crippen LogP contribution in [0.2, 0.25) is 0 Å². The van der Waals surface area contributed by atoms with Crippen molar-refractivity contribution in [3.8, 4) is 0 Å². The first kappa shape index (κ1) is 24.2. The van der Waals surface area contributed by atoms with E-state index in [0.717, 1.165) is 0 Å². The molecule has 0 heterocycles. The zero-order valence-electron chi connectivity index (χ0n) is 13.6. The maximum atomic E-state index is 13.8. The molecule has 0 aromatic heterocycles. The predicted octanol–water partition coefficient (Wildman–Crippen LogP) is 4.46. The second kappa shape index (κ2) is 7.21. The van der Waals surface area contributed by atoms with Crippen LogP contribution in [0.1, 0.15) is 29.3 Å². The zero-order valence-corrected chi connectivity index (χ0v) is 14.4. The number of hydrogen-bond acceptors (Lipinski definition) is 3. The van der Waals surface area contributed by atoms with Gasteiger partial charge in [-0.25, -0.2) is 0 Å². The van der Waals surface area contributed by atoms with Gasteiger partial charge in [-0.15, -0.1) is 0 Å². The summed E-state index contributed by atoms with van der Waals surface area (Å²) in [6.45, 7) is 1.17. The molecule has 0 saturated carbocycles. The molecule has 1 aromatic carbocycles. The summed E-state index contributed by atoms with van der Waals surface area (Å²) in [5, 5.41) is -2.02. The molecule has 160 valence electrons. The van der Waals surface area contributed by atoms with E-state index in [1.54, 1.807) is 0 Å². The molecule has 1 atom stereocenters. The van der Waals surface area contributed by atoms with Crippen LogP contribution in [-0.2, 0) is 16.0 Å². The molecule has 0 aliphatic heterocycles. The molecule has 1 aromatic rings. The molecule has 0 spiro atoms. The first-order valence-electron chi connectivity index (χ1n) is 7.13. The fourth-order valence-corrected chi connectivity index (χ4v) is 2.95. The number of ketones is 1. The van der Waals surface area contributed by atoms with E-state index in [9.17, 15) is 52.7 Å². The summed E-state index contributed by atoms with van der Waals surface area (Å²) in [5.74, 6) is -21.3. The highest BCUT2D eigenvalue weighted by molar-refractivity contribution is 7.87. The number of carbonyl (C=O) groups is 1. The lowest BCUT2D eigenvalue weighted by Gasteiger charge is -2.33. The molecule has 1 rings (SSSR count). The van der Waals surface area contributed by atoms with Crippen LogP contribution >= 0.6 is 0 Å². The molecule has 28 heavy (non-hydrogen) atoms. The topological polar surface area (TPSA) is 71.4 Å². The van der Waals surface area contributed by atoms with Crippen LogP contribution in [0.5, 0.6) is 0 Å². The number of hydrogen-bond donors (Lipinski definition) is 1. The van der Waals surface area contributed by atoms with E-state index in [0.29, 0.717) is 12.1 Å². The lowest BCUT2D eigenvalue weighted by Crippen LogP contribution is -2.59. The van der Waals surface area contributed by atoms with Gasteiger partial charge in [-0.05, 0) is 6.42 Å². The Bertz CT molecular complexity index is 829. The monoisotopic (exact) mass is 446 g/mol.